The topological polar surface area (TPSA) is 34.9 Å². The maximum absolute atomic E-state index is 13.1. The van der Waals surface area contributed by atoms with E-state index < -0.39 is 5.82 Å². The number of benzene rings is 1. The fourth-order valence-corrected chi connectivity index (χ4v) is 2.62. The number of aryl methyl sites for hydroxylation is 1. The van der Waals surface area contributed by atoms with Crippen LogP contribution in [-0.2, 0) is 19.4 Å². The number of nitrogens with zero attached hydrogens (tertiary/aromatic N) is 2. The number of hydrogen-bond acceptors (Lipinski definition) is 2. The summed E-state index contributed by atoms with van der Waals surface area (Å²) < 4.78 is 14.6. The predicted octanol–water partition coefficient (Wildman–Crippen LogP) is 2.57. The molecule has 0 atom stereocenters. The third-order valence-electron chi connectivity index (χ3n) is 3.40. The summed E-state index contributed by atoms with van der Waals surface area (Å²) in [6.45, 7) is 0.360. The quantitative estimate of drug-likeness (QED) is 0.846. The highest BCUT2D eigenvalue weighted by atomic mass is 35.5. The van der Waals surface area contributed by atoms with Gasteiger partial charge in [0.1, 0.15) is 5.82 Å². The summed E-state index contributed by atoms with van der Waals surface area (Å²) in [7, 11) is 0. The lowest BCUT2D eigenvalue weighted by Crippen LogP contribution is -2.24. The Labute approximate surface area is 114 Å². The first-order valence-corrected chi connectivity index (χ1v) is 6.54. The highest BCUT2D eigenvalue weighted by Crippen LogP contribution is 2.18. The van der Waals surface area contributed by atoms with Gasteiger partial charge in [-0.05, 0) is 37.0 Å². The van der Waals surface area contributed by atoms with Crippen LogP contribution in [0.1, 0.15) is 23.2 Å². The molecule has 5 heteroatoms. The Hall–Kier alpha value is -1.68. The normalized spacial score (nSPS) is 13.6. The lowest BCUT2D eigenvalue weighted by atomic mass is 10.2. The molecular formula is C14H12ClFN2O. The standard InChI is InChI=1S/C14H12ClFN2O/c15-11-6-9(4-5-12(11)16)7-18-8-17-13-3-1-2-10(13)14(18)19/h4-6,8H,1-3,7H2. The molecule has 0 spiro atoms. The van der Waals surface area contributed by atoms with Gasteiger partial charge >= 0.3 is 0 Å². The molecule has 0 N–H and O–H groups in total. The highest BCUT2D eigenvalue weighted by molar-refractivity contribution is 6.30. The van der Waals surface area contributed by atoms with E-state index in [2.05, 4.69) is 4.98 Å². The summed E-state index contributed by atoms with van der Waals surface area (Å²) in [6.07, 6.45) is 4.23. The summed E-state index contributed by atoms with van der Waals surface area (Å²) in [4.78, 5) is 16.5. The number of rotatable bonds is 2. The van der Waals surface area contributed by atoms with E-state index in [-0.39, 0.29) is 10.6 Å². The van der Waals surface area contributed by atoms with E-state index in [0.29, 0.717) is 6.54 Å². The first-order chi connectivity index (χ1) is 9.15. The molecule has 0 fully saturated rings. The van der Waals surface area contributed by atoms with Gasteiger partial charge in [-0.3, -0.25) is 9.36 Å². The number of halogens is 2. The van der Waals surface area contributed by atoms with E-state index in [0.717, 1.165) is 36.1 Å². The molecule has 0 unspecified atom stereocenters. The second-order valence-corrected chi connectivity index (χ2v) is 5.11. The van der Waals surface area contributed by atoms with Crippen molar-refractivity contribution in [1.29, 1.82) is 0 Å². The van der Waals surface area contributed by atoms with Gasteiger partial charge in [0.25, 0.3) is 5.56 Å². The Morgan fingerprint density at radius 2 is 2.21 bits per heavy atom. The average molecular weight is 279 g/mol. The van der Waals surface area contributed by atoms with Gasteiger partial charge in [0.15, 0.2) is 0 Å². The van der Waals surface area contributed by atoms with Crippen molar-refractivity contribution in [2.24, 2.45) is 0 Å². The Bertz CT molecular complexity index is 696. The van der Waals surface area contributed by atoms with Crippen LogP contribution in [0.3, 0.4) is 0 Å². The zero-order valence-electron chi connectivity index (χ0n) is 10.2. The summed E-state index contributed by atoms with van der Waals surface area (Å²) >= 11 is 5.74. The number of aromatic nitrogens is 2. The van der Waals surface area contributed by atoms with Crippen LogP contribution in [0.15, 0.2) is 29.3 Å². The minimum Gasteiger partial charge on any atom is -0.295 e. The molecule has 0 aliphatic heterocycles. The number of fused-ring (bicyclic) bond motifs is 1. The van der Waals surface area contributed by atoms with Crippen molar-refractivity contribution in [2.45, 2.75) is 25.8 Å². The summed E-state index contributed by atoms with van der Waals surface area (Å²) in [5.41, 5.74) is 2.52. The zero-order valence-corrected chi connectivity index (χ0v) is 11.0. The average Bonchev–Trinajstić information content (AvgIpc) is 2.86. The van der Waals surface area contributed by atoms with Crippen molar-refractivity contribution < 1.29 is 4.39 Å². The minimum absolute atomic E-state index is 0.00273. The molecule has 1 aromatic heterocycles. The van der Waals surface area contributed by atoms with Gasteiger partial charge < -0.3 is 0 Å². The van der Waals surface area contributed by atoms with Gasteiger partial charge in [-0.2, -0.15) is 0 Å². The van der Waals surface area contributed by atoms with Gasteiger partial charge in [0, 0.05) is 5.56 Å². The van der Waals surface area contributed by atoms with E-state index in [9.17, 15) is 9.18 Å². The number of hydrogen-bond donors (Lipinski definition) is 0. The molecule has 0 bridgehead atoms. The van der Waals surface area contributed by atoms with Gasteiger partial charge in [0.2, 0.25) is 0 Å². The van der Waals surface area contributed by atoms with E-state index in [1.54, 1.807) is 17.0 Å². The summed E-state index contributed by atoms with van der Waals surface area (Å²) in [6, 6.07) is 4.47. The Morgan fingerprint density at radius 3 is 3.00 bits per heavy atom. The molecule has 3 rings (SSSR count). The third kappa shape index (κ3) is 2.28. The van der Waals surface area contributed by atoms with Gasteiger partial charge in [-0.1, -0.05) is 17.7 Å². The zero-order chi connectivity index (χ0) is 13.4. The van der Waals surface area contributed by atoms with E-state index in [4.69, 9.17) is 11.6 Å². The predicted molar refractivity (Wildman–Crippen MR) is 71.0 cm³/mol. The van der Waals surface area contributed by atoms with Crippen molar-refractivity contribution in [3.8, 4) is 0 Å². The lowest BCUT2D eigenvalue weighted by molar-refractivity contribution is 0.626. The second-order valence-electron chi connectivity index (χ2n) is 4.70. The molecule has 0 radical (unpaired) electrons. The van der Waals surface area contributed by atoms with Crippen LogP contribution in [0.25, 0.3) is 0 Å². The molecule has 98 valence electrons. The summed E-state index contributed by atoms with van der Waals surface area (Å²) in [5, 5.41) is 0.0691. The van der Waals surface area contributed by atoms with E-state index in [1.165, 1.54) is 12.1 Å². The molecule has 0 saturated carbocycles. The van der Waals surface area contributed by atoms with Gasteiger partial charge in [-0.25, -0.2) is 9.37 Å². The largest absolute Gasteiger partial charge is 0.295 e. The Kier molecular flexibility index (Phi) is 3.11. The highest BCUT2D eigenvalue weighted by Gasteiger charge is 2.17. The first-order valence-electron chi connectivity index (χ1n) is 6.16. The lowest BCUT2D eigenvalue weighted by Gasteiger charge is -2.08. The minimum atomic E-state index is -0.454. The maximum atomic E-state index is 13.1. The smallest absolute Gasteiger partial charge is 0.257 e. The van der Waals surface area contributed by atoms with Gasteiger partial charge in [-0.15, -0.1) is 0 Å². The van der Waals surface area contributed by atoms with Crippen LogP contribution in [0.2, 0.25) is 5.02 Å². The maximum Gasteiger partial charge on any atom is 0.257 e. The molecule has 1 aromatic carbocycles. The van der Waals surface area contributed by atoms with Crippen LogP contribution in [0.4, 0.5) is 4.39 Å². The molecule has 1 aliphatic rings. The molecular weight excluding hydrogens is 267 g/mol. The second kappa shape index (κ2) is 4.78. The van der Waals surface area contributed by atoms with E-state index >= 15 is 0 Å². The molecule has 0 saturated heterocycles. The van der Waals surface area contributed by atoms with Crippen LogP contribution >= 0.6 is 11.6 Å². The third-order valence-corrected chi connectivity index (χ3v) is 3.69. The monoisotopic (exact) mass is 278 g/mol. The Morgan fingerprint density at radius 1 is 1.37 bits per heavy atom. The van der Waals surface area contributed by atoms with Crippen LogP contribution < -0.4 is 5.56 Å². The SMILES string of the molecule is O=c1c2c(ncn1Cc1ccc(F)c(Cl)c1)CCC2. The van der Waals surface area contributed by atoms with Crippen molar-refractivity contribution in [3.05, 3.63) is 62.5 Å². The van der Waals surface area contributed by atoms with Gasteiger partial charge in [0.05, 0.1) is 23.6 Å². The fourth-order valence-electron chi connectivity index (χ4n) is 2.41. The Balaban J connectivity index is 1.96. The van der Waals surface area contributed by atoms with Crippen molar-refractivity contribution in [1.82, 2.24) is 9.55 Å². The molecule has 3 nitrogen and oxygen atoms in total. The van der Waals surface area contributed by atoms with Crippen LogP contribution in [0.5, 0.6) is 0 Å². The van der Waals surface area contributed by atoms with Crippen molar-refractivity contribution in [2.75, 3.05) is 0 Å². The first kappa shape index (κ1) is 12.4. The van der Waals surface area contributed by atoms with E-state index in [1.807, 2.05) is 0 Å². The fraction of sp³-hybridized carbons (Fsp3) is 0.286. The van der Waals surface area contributed by atoms with Crippen LogP contribution in [0, 0.1) is 5.82 Å². The molecule has 1 aliphatic carbocycles. The van der Waals surface area contributed by atoms with Crippen LogP contribution in [-0.4, -0.2) is 9.55 Å². The molecule has 0 amide bonds. The molecule has 2 aromatic rings. The molecule has 1 heterocycles. The molecule has 19 heavy (non-hydrogen) atoms. The van der Waals surface area contributed by atoms with Crippen molar-refractivity contribution >= 4 is 11.6 Å². The summed E-state index contributed by atoms with van der Waals surface area (Å²) in [5.74, 6) is -0.454. The van der Waals surface area contributed by atoms with Crippen molar-refractivity contribution in [3.63, 3.8) is 0 Å².